The van der Waals surface area contributed by atoms with Gasteiger partial charge in [0.25, 0.3) is 0 Å². The molecule has 0 N–H and O–H groups in total. The van der Waals surface area contributed by atoms with Crippen molar-refractivity contribution in [2.24, 2.45) is 5.92 Å². The van der Waals surface area contributed by atoms with Gasteiger partial charge in [-0.05, 0) is 74.2 Å². The molecule has 3 heterocycles. The number of carbonyl (C=O) groups excluding carboxylic acids is 2. The first-order valence-corrected chi connectivity index (χ1v) is 11.5. The summed E-state index contributed by atoms with van der Waals surface area (Å²) < 4.78 is 11.9. The lowest BCUT2D eigenvalue weighted by molar-refractivity contribution is -0.0838. The van der Waals surface area contributed by atoms with Crippen LogP contribution in [0.4, 0.5) is 0 Å². The summed E-state index contributed by atoms with van der Waals surface area (Å²) in [5, 5.41) is 0. The lowest BCUT2D eigenvalue weighted by Gasteiger charge is -2.50. The minimum Gasteiger partial charge on any atom is -0.457 e. The molecule has 2 atom stereocenters. The van der Waals surface area contributed by atoms with Crippen molar-refractivity contribution in [3.8, 4) is 5.75 Å². The number of hydrogen-bond acceptors (Lipinski definition) is 5. The van der Waals surface area contributed by atoms with E-state index in [1.807, 2.05) is 60.7 Å². The Hall–Kier alpha value is -3.44. The molecule has 0 saturated carbocycles. The van der Waals surface area contributed by atoms with Gasteiger partial charge in [-0.15, -0.1) is 0 Å². The van der Waals surface area contributed by atoms with Crippen LogP contribution in [0, 0.1) is 5.92 Å². The van der Waals surface area contributed by atoms with Gasteiger partial charge in [0, 0.05) is 0 Å². The minimum absolute atomic E-state index is 0.0572. The first-order chi connectivity index (χ1) is 16.2. The summed E-state index contributed by atoms with van der Waals surface area (Å²) in [6, 6.07) is 25.9. The van der Waals surface area contributed by atoms with Crippen molar-refractivity contribution in [1.29, 1.82) is 0 Å². The van der Waals surface area contributed by atoms with Crippen LogP contribution < -0.4 is 4.74 Å². The van der Waals surface area contributed by atoms with Crippen molar-refractivity contribution in [3.63, 3.8) is 0 Å². The third kappa shape index (κ3) is 4.69. The molecule has 3 aliphatic rings. The Kier molecular flexibility index (Phi) is 6.22. The Balaban J connectivity index is 1.36. The highest BCUT2D eigenvalue weighted by Crippen LogP contribution is 2.37. The van der Waals surface area contributed by atoms with E-state index in [-0.39, 0.29) is 24.1 Å². The second-order valence-corrected chi connectivity index (χ2v) is 8.74. The topological polar surface area (TPSA) is 55.8 Å². The quantitative estimate of drug-likeness (QED) is 0.408. The smallest absolute Gasteiger partial charge is 0.343 e. The minimum atomic E-state index is -0.374. The highest BCUT2D eigenvalue weighted by atomic mass is 16.5. The molecule has 2 bridgehead atoms. The van der Waals surface area contributed by atoms with Crippen LogP contribution in [0.3, 0.4) is 0 Å². The normalized spacial score (nSPS) is 23.6. The van der Waals surface area contributed by atoms with Gasteiger partial charge in [-0.25, -0.2) is 9.59 Å². The van der Waals surface area contributed by atoms with Gasteiger partial charge in [-0.2, -0.15) is 0 Å². The number of hydrogen-bond donors (Lipinski definition) is 0. The summed E-state index contributed by atoms with van der Waals surface area (Å²) in [7, 11) is 0. The Bertz CT molecular complexity index is 1110. The molecule has 3 fully saturated rings. The zero-order chi connectivity index (χ0) is 22.6. The Morgan fingerprint density at radius 3 is 2.00 bits per heavy atom. The number of benzene rings is 3. The first kappa shape index (κ1) is 21.4. The fourth-order valence-electron chi connectivity index (χ4n) is 5.02. The molecule has 0 aliphatic carbocycles. The summed E-state index contributed by atoms with van der Waals surface area (Å²) in [4.78, 5) is 27.9. The molecule has 3 saturated heterocycles. The maximum atomic E-state index is 12.8. The summed E-state index contributed by atoms with van der Waals surface area (Å²) in [6.45, 7) is 2.00. The summed E-state index contributed by atoms with van der Waals surface area (Å²) in [6.07, 6.45) is 2.54. The molecule has 3 aliphatic heterocycles. The molecule has 0 amide bonds. The lowest BCUT2D eigenvalue weighted by atomic mass is 9.78. The number of piperidine rings is 3. The molecule has 5 heteroatoms. The van der Waals surface area contributed by atoms with Crippen molar-refractivity contribution in [2.75, 3.05) is 13.1 Å². The van der Waals surface area contributed by atoms with E-state index in [0.29, 0.717) is 29.2 Å². The molecule has 3 aromatic carbocycles. The molecule has 0 radical (unpaired) electrons. The maximum Gasteiger partial charge on any atom is 0.343 e. The predicted molar refractivity (Wildman–Crippen MR) is 125 cm³/mol. The average Bonchev–Trinajstić information content (AvgIpc) is 2.88. The van der Waals surface area contributed by atoms with Crippen LogP contribution in [0.5, 0.6) is 5.75 Å². The Labute approximate surface area is 193 Å². The number of esters is 2. The molecule has 6 rings (SSSR count). The van der Waals surface area contributed by atoms with E-state index in [9.17, 15) is 9.59 Å². The standard InChI is InChI=1S/C28H27NO4/c30-27(21-9-3-1-4-10-21)32-25-14-8-7-13-23(25)19-24-26(20-15-17-29(24)18-16-20)33-28(31)22-11-5-2-6-12-22/h1-14,20,24,26H,15-19H2. The van der Waals surface area contributed by atoms with Crippen molar-refractivity contribution in [1.82, 2.24) is 4.90 Å². The van der Waals surface area contributed by atoms with Gasteiger partial charge in [0.05, 0.1) is 17.2 Å². The van der Waals surface area contributed by atoms with Gasteiger partial charge in [-0.3, -0.25) is 4.90 Å². The number of fused-ring (bicyclic) bond motifs is 3. The van der Waals surface area contributed by atoms with Crippen LogP contribution in [-0.4, -0.2) is 42.1 Å². The average molecular weight is 442 g/mol. The number of nitrogens with zero attached hydrogens (tertiary/aromatic N) is 1. The fraction of sp³-hybridized carbons (Fsp3) is 0.286. The Morgan fingerprint density at radius 1 is 0.758 bits per heavy atom. The molecule has 2 unspecified atom stereocenters. The van der Waals surface area contributed by atoms with E-state index in [1.165, 1.54) is 0 Å². The molecule has 0 aromatic heterocycles. The Morgan fingerprint density at radius 2 is 1.33 bits per heavy atom. The van der Waals surface area contributed by atoms with Crippen LogP contribution >= 0.6 is 0 Å². The maximum absolute atomic E-state index is 12.8. The van der Waals surface area contributed by atoms with Gasteiger partial charge in [-0.1, -0.05) is 54.6 Å². The van der Waals surface area contributed by atoms with Crippen LogP contribution in [0.15, 0.2) is 84.9 Å². The molecular weight excluding hydrogens is 414 g/mol. The molecule has 5 nitrogen and oxygen atoms in total. The highest BCUT2D eigenvalue weighted by molar-refractivity contribution is 5.91. The third-order valence-corrected chi connectivity index (χ3v) is 6.75. The van der Waals surface area contributed by atoms with Gasteiger partial charge in [0.1, 0.15) is 11.9 Å². The van der Waals surface area contributed by atoms with Gasteiger partial charge in [0.2, 0.25) is 0 Å². The summed E-state index contributed by atoms with van der Waals surface area (Å²) >= 11 is 0. The number of rotatable bonds is 6. The second kappa shape index (κ2) is 9.59. The second-order valence-electron chi connectivity index (χ2n) is 8.74. The van der Waals surface area contributed by atoms with E-state index in [4.69, 9.17) is 9.47 Å². The van der Waals surface area contributed by atoms with E-state index in [1.54, 1.807) is 24.3 Å². The van der Waals surface area contributed by atoms with E-state index >= 15 is 0 Å². The van der Waals surface area contributed by atoms with Gasteiger partial charge >= 0.3 is 11.9 Å². The van der Waals surface area contributed by atoms with Crippen molar-refractivity contribution in [3.05, 3.63) is 102 Å². The van der Waals surface area contributed by atoms with Crippen LogP contribution in [0.1, 0.15) is 39.1 Å². The zero-order valence-electron chi connectivity index (χ0n) is 18.4. The van der Waals surface area contributed by atoms with Crippen LogP contribution in [-0.2, 0) is 11.2 Å². The van der Waals surface area contributed by atoms with Gasteiger partial charge < -0.3 is 9.47 Å². The van der Waals surface area contributed by atoms with Crippen molar-refractivity contribution in [2.45, 2.75) is 31.4 Å². The number of para-hydroxylation sites is 1. The van der Waals surface area contributed by atoms with E-state index in [2.05, 4.69) is 4.90 Å². The van der Waals surface area contributed by atoms with Gasteiger partial charge in [0.15, 0.2) is 0 Å². The number of ether oxygens (including phenoxy) is 2. The molecule has 3 aromatic rings. The molecular formula is C28H27NO4. The molecule has 0 spiro atoms. The van der Waals surface area contributed by atoms with Crippen molar-refractivity contribution < 1.29 is 19.1 Å². The molecule has 168 valence electrons. The third-order valence-electron chi connectivity index (χ3n) is 6.75. The molecule has 33 heavy (non-hydrogen) atoms. The highest BCUT2D eigenvalue weighted by Gasteiger charge is 2.44. The monoisotopic (exact) mass is 441 g/mol. The summed E-state index contributed by atoms with van der Waals surface area (Å²) in [5.41, 5.74) is 2.03. The van der Waals surface area contributed by atoms with Crippen molar-refractivity contribution >= 4 is 11.9 Å². The number of carbonyl (C=O) groups is 2. The summed E-state index contributed by atoms with van der Waals surface area (Å²) in [5.74, 6) is 0.262. The predicted octanol–water partition coefficient (Wildman–Crippen LogP) is 4.77. The fourth-order valence-corrected chi connectivity index (χ4v) is 5.02. The first-order valence-electron chi connectivity index (χ1n) is 11.5. The largest absolute Gasteiger partial charge is 0.457 e. The lowest BCUT2D eigenvalue weighted by Crippen LogP contribution is -2.59. The van der Waals surface area contributed by atoms with E-state index in [0.717, 1.165) is 31.5 Å². The zero-order valence-corrected chi connectivity index (χ0v) is 18.4. The van der Waals surface area contributed by atoms with Crippen LogP contribution in [0.25, 0.3) is 0 Å². The van der Waals surface area contributed by atoms with Crippen LogP contribution in [0.2, 0.25) is 0 Å². The van der Waals surface area contributed by atoms with E-state index < -0.39 is 0 Å². The SMILES string of the molecule is O=C(Oc1ccccc1CC1C(OC(=O)c2ccccc2)C2CCN1CC2)c1ccccc1.